The Balaban J connectivity index is 2.08. The Labute approximate surface area is 132 Å². The molecule has 4 heteroatoms. The van der Waals surface area contributed by atoms with Crippen molar-refractivity contribution in [2.45, 2.75) is 44.7 Å². The molecule has 1 aromatic carbocycles. The third-order valence-corrected chi connectivity index (χ3v) is 4.81. The van der Waals surface area contributed by atoms with Crippen molar-refractivity contribution in [2.24, 2.45) is 0 Å². The minimum atomic E-state index is 0.296. The van der Waals surface area contributed by atoms with E-state index in [0.717, 1.165) is 31.1 Å². The molecule has 1 atom stereocenters. The van der Waals surface area contributed by atoms with Gasteiger partial charge in [0.1, 0.15) is 5.82 Å². The predicted molar refractivity (Wildman–Crippen MR) is 90.8 cm³/mol. The lowest BCUT2D eigenvalue weighted by molar-refractivity contribution is 0.523. The normalized spacial score (nSPS) is 12.5. The van der Waals surface area contributed by atoms with Gasteiger partial charge < -0.3 is 9.88 Å². The minimum Gasteiger partial charge on any atom is -0.334 e. The fourth-order valence-corrected chi connectivity index (χ4v) is 3.42. The molecule has 0 spiro atoms. The molecule has 0 bridgehead atoms. The molecule has 1 heterocycles. The first-order valence-corrected chi connectivity index (χ1v) is 8.67. The number of benzene rings is 1. The van der Waals surface area contributed by atoms with Gasteiger partial charge in [-0.1, -0.05) is 25.1 Å². The second-order valence-corrected chi connectivity index (χ2v) is 6.22. The summed E-state index contributed by atoms with van der Waals surface area (Å²) in [4.78, 5) is 5.92. The zero-order valence-electron chi connectivity index (χ0n) is 13.2. The van der Waals surface area contributed by atoms with Gasteiger partial charge in [-0.3, -0.25) is 0 Å². The highest BCUT2D eigenvalue weighted by Crippen LogP contribution is 2.26. The van der Waals surface area contributed by atoms with Crippen LogP contribution < -0.4 is 5.32 Å². The van der Waals surface area contributed by atoms with E-state index >= 15 is 0 Å². The summed E-state index contributed by atoms with van der Waals surface area (Å²) in [6, 6.07) is 8.87. The average Bonchev–Trinajstić information content (AvgIpc) is 2.97. The van der Waals surface area contributed by atoms with Crippen molar-refractivity contribution in [3.8, 4) is 0 Å². The van der Waals surface area contributed by atoms with E-state index in [4.69, 9.17) is 0 Å². The van der Waals surface area contributed by atoms with Crippen molar-refractivity contribution < 1.29 is 0 Å². The maximum atomic E-state index is 4.56. The van der Waals surface area contributed by atoms with E-state index in [1.165, 1.54) is 10.5 Å². The summed E-state index contributed by atoms with van der Waals surface area (Å²) in [6.07, 6.45) is 5.10. The summed E-state index contributed by atoms with van der Waals surface area (Å²) < 4.78 is 2.23. The molecule has 2 aromatic rings. The average molecular weight is 303 g/mol. The molecule has 3 nitrogen and oxygen atoms in total. The van der Waals surface area contributed by atoms with Gasteiger partial charge >= 0.3 is 0 Å². The third-order valence-electron chi connectivity index (χ3n) is 3.54. The van der Waals surface area contributed by atoms with Crippen LogP contribution >= 0.6 is 11.8 Å². The van der Waals surface area contributed by atoms with Gasteiger partial charge in [0.05, 0.1) is 6.04 Å². The third kappa shape index (κ3) is 4.35. The predicted octanol–water partition coefficient (Wildman–Crippen LogP) is 4.04. The number of nitrogens with one attached hydrogen (secondary N) is 1. The van der Waals surface area contributed by atoms with Crippen molar-refractivity contribution >= 4 is 11.8 Å². The number of thioether (sulfide) groups is 1. The van der Waals surface area contributed by atoms with E-state index in [-0.39, 0.29) is 0 Å². The van der Waals surface area contributed by atoms with Gasteiger partial charge in [-0.25, -0.2) is 4.98 Å². The Hall–Kier alpha value is -1.26. The first-order valence-electron chi connectivity index (χ1n) is 7.69. The van der Waals surface area contributed by atoms with E-state index in [0.29, 0.717) is 6.04 Å². The summed E-state index contributed by atoms with van der Waals surface area (Å²) >= 11 is 1.91. The molecule has 0 aliphatic rings. The summed E-state index contributed by atoms with van der Waals surface area (Å²) in [5.41, 5.74) is 1.34. The topological polar surface area (TPSA) is 29.9 Å². The largest absolute Gasteiger partial charge is 0.334 e. The van der Waals surface area contributed by atoms with Crippen LogP contribution in [0.2, 0.25) is 0 Å². The summed E-state index contributed by atoms with van der Waals surface area (Å²) in [5, 5.41) is 3.63. The van der Waals surface area contributed by atoms with Crippen LogP contribution in [0, 0.1) is 6.92 Å². The van der Waals surface area contributed by atoms with Crippen molar-refractivity contribution in [2.75, 3.05) is 12.3 Å². The Kier molecular flexibility index (Phi) is 6.33. The SMILES string of the molecule is CCCNC(CSc1ccccc1C)c1nccn1CC. The van der Waals surface area contributed by atoms with Gasteiger partial charge in [0.2, 0.25) is 0 Å². The fourth-order valence-electron chi connectivity index (χ4n) is 2.33. The van der Waals surface area contributed by atoms with Crippen LogP contribution in [0.5, 0.6) is 0 Å². The summed E-state index contributed by atoms with van der Waals surface area (Å²) in [5.74, 6) is 2.15. The number of imidazole rings is 1. The zero-order chi connectivity index (χ0) is 15.1. The number of nitrogens with zero attached hydrogens (tertiary/aromatic N) is 2. The number of hydrogen-bond acceptors (Lipinski definition) is 3. The lowest BCUT2D eigenvalue weighted by atomic mass is 10.2. The summed E-state index contributed by atoms with van der Waals surface area (Å²) in [6.45, 7) is 8.52. The zero-order valence-corrected chi connectivity index (χ0v) is 14.0. The standard InChI is InChI=1S/C17H25N3S/c1-4-10-18-15(17-19-11-12-20(17)5-2)13-21-16-9-7-6-8-14(16)3/h6-9,11-12,15,18H,4-5,10,13H2,1-3H3. The maximum absolute atomic E-state index is 4.56. The Morgan fingerprint density at radius 3 is 2.81 bits per heavy atom. The minimum absolute atomic E-state index is 0.296. The highest BCUT2D eigenvalue weighted by atomic mass is 32.2. The first-order chi connectivity index (χ1) is 10.3. The van der Waals surface area contributed by atoms with Crippen LogP contribution in [-0.4, -0.2) is 21.8 Å². The Morgan fingerprint density at radius 2 is 2.10 bits per heavy atom. The molecule has 1 N–H and O–H groups in total. The number of hydrogen-bond donors (Lipinski definition) is 1. The van der Waals surface area contributed by atoms with E-state index in [2.05, 4.69) is 66.1 Å². The van der Waals surface area contributed by atoms with Gasteiger partial charge in [0, 0.05) is 29.6 Å². The molecular formula is C17H25N3S. The molecule has 0 saturated carbocycles. The molecule has 0 fully saturated rings. The number of rotatable bonds is 8. The number of aromatic nitrogens is 2. The van der Waals surface area contributed by atoms with E-state index in [9.17, 15) is 0 Å². The van der Waals surface area contributed by atoms with Crippen LogP contribution in [0.1, 0.15) is 37.7 Å². The summed E-state index contributed by atoms with van der Waals surface area (Å²) in [7, 11) is 0. The lowest BCUT2D eigenvalue weighted by Gasteiger charge is -2.19. The van der Waals surface area contributed by atoms with E-state index in [1.54, 1.807) is 0 Å². The first kappa shape index (κ1) is 16.1. The van der Waals surface area contributed by atoms with Gasteiger partial charge in [-0.15, -0.1) is 11.8 Å². The van der Waals surface area contributed by atoms with Crippen LogP contribution in [0.3, 0.4) is 0 Å². The molecule has 0 saturated heterocycles. The fraction of sp³-hybridized carbons (Fsp3) is 0.471. The van der Waals surface area contributed by atoms with Crippen LogP contribution in [0.4, 0.5) is 0 Å². The smallest absolute Gasteiger partial charge is 0.126 e. The molecule has 114 valence electrons. The van der Waals surface area contributed by atoms with Crippen molar-refractivity contribution in [3.63, 3.8) is 0 Å². The Bertz CT molecular complexity index is 550. The van der Waals surface area contributed by atoms with Crippen molar-refractivity contribution in [1.29, 1.82) is 0 Å². The molecular weight excluding hydrogens is 278 g/mol. The molecule has 1 unspecified atom stereocenters. The monoisotopic (exact) mass is 303 g/mol. The van der Waals surface area contributed by atoms with Crippen LogP contribution in [-0.2, 0) is 6.54 Å². The lowest BCUT2D eigenvalue weighted by Crippen LogP contribution is -2.27. The second kappa shape index (κ2) is 8.25. The molecule has 2 rings (SSSR count). The highest BCUT2D eigenvalue weighted by Gasteiger charge is 2.16. The highest BCUT2D eigenvalue weighted by molar-refractivity contribution is 7.99. The van der Waals surface area contributed by atoms with Crippen LogP contribution in [0.25, 0.3) is 0 Å². The molecule has 0 radical (unpaired) electrons. The van der Waals surface area contributed by atoms with E-state index < -0.39 is 0 Å². The number of aryl methyl sites for hydroxylation is 2. The molecule has 0 aliphatic heterocycles. The van der Waals surface area contributed by atoms with Gasteiger partial charge in [-0.2, -0.15) is 0 Å². The van der Waals surface area contributed by atoms with Gasteiger partial charge in [0.15, 0.2) is 0 Å². The second-order valence-electron chi connectivity index (χ2n) is 5.15. The Morgan fingerprint density at radius 1 is 1.29 bits per heavy atom. The molecule has 0 amide bonds. The molecule has 21 heavy (non-hydrogen) atoms. The quantitative estimate of drug-likeness (QED) is 0.746. The molecule has 0 aliphatic carbocycles. The maximum Gasteiger partial charge on any atom is 0.126 e. The van der Waals surface area contributed by atoms with Crippen LogP contribution in [0.15, 0.2) is 41.6 Å². The van der Waals surface area contributed by atoms with Crippen molar-refractivity contribution in [3.05, 3.63) is 48.0 Å². The van der Waals surface area contributed by atoms with Gasteiger partial charge in [0.25, 0.3) is 0 Å². The molecule has 1 aromatic heterocycles. The van der Waals surface area contributed by atoms with Crippen molar-refractivity contribution in [1.82, 2.24) is 14.9 Å². The van der Waals surface area contributed by atoms with Gasteiger partial charge in [-0.05, 0) is 38.4 Å². The van der Waals surface area contributed by atoms with E-state index in [1.807, 2.05) is 18.0 Å².